The summed E-state index contributed by atoms with van der Waals surface area (Å²) in [6.45, 7) is 6.27. The second-order valence-electron chi connectivity index (χ2n) is 5.98. The fraction of sp³-hybridized carbons (Fsp3) is 1.00. The van der Waals surface area contributed by atoms with Gasteiger partial charge in [-0.15, -0.1) is 0 Å². The highest BCUT2D eigenvalue weighted by Gasteiger charge is 2.46. The molecule has 0 aromatic rings. The summed E-state index contributed by atoms with van der Waals surface area (Å²) in [6, 6.07) is 0. The normalized spacial score (nSPS) is 44.4. The number of methoxy groups -OCH3 is 1. The number of aliphatic hydroxyl groups excluding tert-OH is 1. The van der Waals surface area contributed by atoms with Crippen molar-refractivity contribution in [3.05, 3.63) is 0 Å². The van der Waals surface area contributed by atoms with E-state index in [0.717, 1.165) is 19.3 Å². The Morgan fingerprint density at radius 2 is 1.94 bits per heavy atom. The second kappa shape index (κ2) is 4.28. The van der Waals surface area contributed by atoms with Gasteiger partial charge in [0.25, 0.3) is 0 Å². The molecule has 0 spiro atoms. The molecule has 0 aromatic carbocycles. The minimum Gasteiger partial charge on any atom is -0.393 e. The van der Waals surface area contributed by atoms with E-state index >= 15 is 0 Å². The third kappa shape index (κ3) is 2.13. The molecule has 1 heterocycles. The van der Waals surface area contributed by atoms with E-state index in [1.54, 1.807) is 7.11 Å². The minimum atomic E-state index is -0.217. The van der Waals surface area contributed by atoms with Crippen molar-refractivity contribution in [3.63, 3.8) is 0 Å². The fourth-order valence-electron chi connectivity index (χ4n) is 2.95. The zero-order chi connectivity index (χ0) is 11.9. The van der Waals surface area contributed by atoms with Crippen LogP contribution in [0, 0.1) is 11.8 Å². The van der Waals surface area contributed by atoms with Crippen LogP contribution in [-0.2, 0) is 9.47 Å². The van der Waals surface area contributed by atoms with E-state index in [1.807, 2.05) is 0 Å². The highest BCUT2D eigenvalue weighted by molar-refractivity contribution is 4.95. The molecule has 1 aliphatic carbocycles. The zero-order valence-corrected chi connectivity index (χ0v) is 10.8. The Morgan fingerprint density at radius 3 is 2.56 bits per heavy atom. The molecule has 16 heavy (non-hydrogen) atoms. The number of aliphatic hydroxyl groups is 1. The molecule has 0 bridgehead atoms. The maximum Gasteiger partial charge on any atom is 0.0883 e. The Hall–Kier alpha value is -0.120. The summed E-state index contributed by atoms with van der Waals surface area (Å²) in [5, 5.41) is 9.88. The first-order valence-corrected chi connectivity index (χ1v) is 6.32. The Morgan fingerprint density at radius 1 is 1.25 bits per heavy atom. The van der Waals surface area contributed by atoms with Crippen molar-refractivity contribution in [2.45, 2.75) is 63.9 Å². The second-order valence-corrected chi connectivity index (χ2v) is 5.98. The summed E-state index contributed by atoms with van der Waals surface area (Å²) in [5.41, 5.74) is -0.217. The average molecular weight is 228 g/mol. The van der Waals surface area contributed by atoms with Crippen molar-refractivity contribution in [2.24, 2.45) is 11.8 Å². The van der Waals surface area contributed by atoms with Gasteiger partial charge in [0.05, 0.1) is 23.9 Å². The van der Waals surface area contributed by atoms with Crippen LogP contribution in [0.4, 0.5) is 0 Å². The predicted octanol–water partition coefficient (Wildman–Crippen LogP) is 1.98. The van der Waals surface area contributed by atoms with Gasteiger partial charge in [0.1, 0.15) is 0 Å². The highest BCUT2D eigenvalue weighted by atomic mass is 16.6. The first kappa shape index (κ1) is 12.3. The van der Waals surface area contributed by atoms with E-state index in [-0.39, 0.29) is 17.8 Å². The standard InChI is InChI=1S/C13H24O3/c1-8-5-11-9(6-10(8)14)7-12(16-11)13(2,3)15-4/h8-12,14H,5-7H2,1-4H3. The topological polar surface area (TPSA) is 38.7 Å². The molecule has 0 radical (unpaired) electrons. The van der Waals surface area contributed by atoms with Crippen LogP contribution in [0.15, 0.2) is 0 Å². The van der Waals surface area contributed by atoms with Crippen molar-refractivity contribution in [1.82, 2.24) is 0 Å². The van der Waals surface area contributed by atoms with E-state index in [4.69, 9.17) is 9.47 Å². The van der Waals surface area contributed by atoms with E-state index in [1.165, 1.54) is 0 Å². The Balaban J connectivity index is 2.02. The van der Waals surface area contributed by atoms with Gasteiger partial charge in [-0.05, 0) is 44.9 Å². The van der Waals surface area contributed by atoms with Crippen LogP contribution in [0.5, 0.6) is 0 Å². The molecule has 0 amide bonds. The van der Waals surface area contributed by atoms with Crippen LogP contribution in [-0.4, -0.2) is 36.1 Å². The molecular formula is C13H24O3. The SMILES string of the molecule is COC(C)(C)C1CC2CC(O)C(C)CC2O1. The third-order valence-electron chi connectivity index (χ3n) is 4.49. The third-order valence-corrected chi connectivity index (χ3v) is 4.49. The van der Waals surface area contributed by atoms with Crippen molar-refractivity contribution < 1.29 is 14.6 Å². The largest absolute Gasteiger partial charge is 0.393 e. The number of hydrogen-bond donors (Lipinski definition) is 1. The summed E-state index contributed by atoms with van der Waals surface area (Å²) < 4.78 is 11.6. The smallest absolute Gasteiger partial charge is 0.0883 e. The summed E-state index contributed by atoms with van der Waals surface area (Å²) in [4.78, 5) is 0. The molecule has 3 heteroatoms. The Bertz CT molecular complexity index is 234. The lowest BCUT2D eigenvalue weighted by molar-refractivity contribution is -0.114. The molecule has 2 fully saturated rings. The molecule has 5 unspecified atom stereocenters. The summed E-state index contributed by atoms with van der Waals surface area (Å²) in [7, 11) is 1.74. The first-order valence-electron chi connectivity index (χ1n) is 6.32. The number of hydrogen-bond acceptors (Lipinski definition) is 3. The van der Waals surface area contributed by atoms with Crippen LogP contribution in [0.25, 0.3) is 0 Å². The van der Waals surface area contributed by atoms with Crippen LogP contribution in [0.3, 0.4) is 0 Å². The van der Waals surface area contributed by atoms with Gasteiger partial charge < -0.3 is 14.6 Å². The van der Waals surface area contributed by atoms with Crippen LogP contribution < -0.4 is 0 Å². The molecule has 2 rings (SSSR count). The highest BCUT2D eigenvalue weighted by Crippen LogP contribution is 2.43. The van der Waals surface area contributed by atoms with Crippen molar-refractivity contribution >= 4 is 0 Å². The van der Waals surface area contributed by atoms with Gasteiger partial charge in [-0.2, -0.15) is 0 Å². The lowest BCUT2D eigenvalue weighted by atomic mass is 9.77. The maximum absolute atomic E-state index is 9.88. The van der Waals surface area contributed by atoms with Gasteiger partial charge in [0, 0.05) is 7.11 Å². The molecule has 5 atom stereocenters. The molecule has 1 saturated heterocycles. The Kier molecular flexibility index (Phi) is 3.30. The van der Waals surface area contributed by atoms with Crippen molar-refractivity contribution in [2.75, 3.05) is 7.11 Å². The molecule has 1 N–H and O–H groups in total. The first-order chi connectivity index (χ1) is 7.44. The fourth-order valence-corrected chi connectivity index (χ4v) is 2.95. The zero-order valence-electron chi connectivity index (χ0n) is 10.8. The van der Waals surface area contributed by atoms with E-state index < -0.39 is 0 Å². The van der Waals surface area contributed by atoms with E-state index in [2.05, 4.69) is 20.8 Å². The summed E-state index contributed by atoms with van der Waals surface area (Å²) in [5.74, 6) is 0.885. The number of fused-ring (bicyclic) bond motifs is 1. The monoisotopic (exact) mass is 228 g/mol. The van der Waals surface area contributed by atoms with Crippen LogP contribution in [0.2, 0.25) is 0 Å². The van der Waals surface area contributed by atoms with E-state index in [0.29, 0.717) is 17.9 Å². The van der Waals surface area contributed by atoms with Gasteiger partial charge in [-0.25, -0.2) is 0 Å². The van der Waals surface area contributed by atoms with Gasteiger partial charge in [-0.3, -0.25) is 0 Å². The van der Waals surface area contributed by atoms with Crippen LogP contribution in [0.1, 0.15) is 40.0 Å². The van der Waals surface area contributed by atoms with Crippen molar-refractivity contribution in [3.8, 4) is 0 Å². The molecule has 2 aliphatic rings. The average Bonchev–Trinajstić information content (AvgIpc) is 2.62. The lowest BCUT2D eigenvalue weighted by Crippen LogP contribution is -2.38. The van der Waals surface area contributed by atoms with Gasteiger partial charge in [0.2, 0.25) is 0 Å². The number of ether oxygens (including phenoxy) is 2. The minimum absolute atomic E-state index is 0.144. The molecule has 1 saturated carbocycles. The summed E-state index contributed by atoms with van der Waals surface area (Å²) in [6.07, 6.45) is 3.26. The lowest BCUT2D eigenvalue weighted by Gasteiger charge is -2.33. The van der Waals surface area contributed by atoms with Gasteiger partial charge in [-0.1, -0.05) is 6.92 Å². The van der Waals surface area contributed by atoms with Crippen molar-refractivity contribution in [1.29, 1.82) is 0 Å². The molecular weight excluding hydrogens is 204 g/mol. The van der Waals surface area contributed by atoms with Gasteiger partial charge in [0.15, 0.2) is 0 Å². The molecule has 0 aromatic heterocycles. The van der Waals surface area contributed by atoms with Crippen LogP contribution >= 0.6 is 0 Å². The summed E-state index contributed by atoms with van der Waals surface area (Å²) >= 11 is 0. The maximum atomic E-state index is 9.88. The van der Waals surface area contributed by atoms with Gasteiger partial charge >= 0.3 is 0 Å². The Labute approximate surface area is 98.1 Å². The molecule has 1 aliphatic heterocycles. The molecule has 3 nitrogen and oxygen atoms in total. The predicted molar refractivity (Wildman–Crippen MR) is 62.3 cm³/mol. The van der Waals surface area contributed by atoms with E-state index in [9.17, 15) is 5.11 Å². The quantitative estimate of drug-likeness (QED) is 0.785. The molecule has 94 valence electrons. The number of rotatable bonds is 2.